The van der Waals surface area contributed by atoms with Crippen LogP contribution >= 0.6 is 0 Å². The molecule has 0 fully saturated rings. The molecule has 0 saturated heterocycles. The van der Waals surface area contributed by atoms with E-state index in [2.05, 4.69) is 5.32 Å². The number of nitrogens with one attached hydrogen (secondary N) is 1. The number of para-hydroxylation sites is 1. The Balaban J connectivity index is 1.96. The summed E-state index contributed by atoms with van der Waals surface area (Å²) in [5.74, 6) is 0.295. The van der Waals surface area contributed by atoms with Crippen molar-refractivity contribution >= 4 is 22.4 Å². The molecule has 0 saturated carbocycles. The lowest BCUT2D eigenvalue weighted by Gasteiger charge is -2.09. The van der Waals surface area contributed by atoms with Gasteiger partial charge in [0.2, 0.25) is 0 Å². The Morgan fingerprint density at radius 3 is 2.50 bits per heavy atom. The molecule has 0 spiro atoms. The van der Waals surface area contributed by atoms with Crippen molar-refractivity contribution in [3.05, 3.63) is 66.2 Å². The van der Waals surface area contributed by atoms with E-state index >= 15 is 0 Å². The van der Waals surface area contributed by atoms with E-state index in [-0.39, 0.29) is 17.2 Å². The van der Waals surface area contributed by atoms with Gasteiger partial charge in [-0.05, 0) is 47.2 Å². The van der Waals surface area contributed by atoms with Crippen LogP contribution in [0.2, 0.25) is 0 Å². The number of hydrogen-bond acceptors (Lipinski definition) is 3. The van der Waals surface area contributed by atoms with Gasteiger partial charge >= 0.3 is 0 Å². The van der Waals surface area contributed by atoms with Crippen molar-refractivity contribution < 1.29 is 14.6 Å². The number of hydrogen-bond donors (Lipinski definition) is 2. The smallest absolute Gasteiger partial charge is 0.259 e. The fraction of sp³-hybridized carbons (Fsp3) is 0.0556. The number of rotatable bonds is 3. The summed E-state index contributed by atoms with van der Waals surface area (Å²) in [6.45, 7) is 0. The minimum atomic E-state index is -0.346. The van der Waals surface area contributed by atoms with Crippen LogP contribution in [0.3, 0.4) is 0 Å². The van der Waals surface area contributed by atoms with E-state index in [1.807, 2.05) is 36.4 Å². The number of methoxy groups -OCH3 is 1. The summed E-state index contributed by atoms with van der Waals surface area (Å²) in [5, 5.41) is 14.6. The van der Waals surface area contributed by atoms with Gasteiger partial charge in [-0.15, -0.1) is 0 Å². The summed E-state index contributed by atoms with van der Waals surface area (Å²) in [6, 6.07) is 17.8. The van der Waals surface area contributed by atoms with Crippen molar-refractivity contribution in [1.82, 2.24) is 0 Å². The Kier molecular flexibility index (Phi) is 3.66. The fourth-order valence-electron chi connectivity index (χ4n) is 2.29. The SMILES string of the molecule is COc1ccc2cc(C(=O)Nc3ccccc3)c(O)cc2c1. The van der Waals surface area contributed by atoms with Gasteiger partial charge in [0.1, 0.15) is 11.5 Å². The first-order valence-corrected chi connectivity index (χ1v) is 6.84. The van der Waals surface area contributed by atoms with Gasteiger partial charge in [-0.3, -0.25) is 4.79 Å². The Hall–Kier alpha value is -3.01. The maximum atomic E-state index is 12.3. The maximum Gasteiger partial charge on any atom is 0.259 e. The minimum absolute atomic E-state index is 0.0609. The second-order valence-corrected chi connectivity index (χ2v) is 4.90. The second-order valence-electron chi connectivity index (χ2n) is 4.90. The molecule has 0 unspecified atom stereocenters. The van der Waals surface area contributed by atoms with Crippen LogP contribution in [-0.4, -0.2) is 18.1 Å². The van der Waals surface area contributed by atoms with E-state index in [1.54, 1.807) is 31.4 Å². The van der Waals surface area contributed by atoms with Gasteiger partial charge in [-0.2, -0.15) is 0 Å². The molecular weight excluding hydrogens is 278 g/mol. The topological polar surface area (TPSA) is 58.6 Å². The van der Waals surface area contributed by atoms with Crippen molar-refractivity contribution in [2.24, 2.45) is 0 Å². The molecule has 2 N–H and O–H groups in total. The number of carbonyl (C=O) groups excluding carboxylic acids is 1. The lowest BCUT2D eigenvalue weighted by Crippen LogP contribution is -2.12. The van der Waals surface area contributed by atoms with Crippen LogP contribution in [0.25, 0.3) is 10.8 Å². The summed E-state index contributed by atoms with van der Waals surface area (Å²) in [6.07, 6.45) is 0. The Labute approximate surface area is 128 Å². The highest BCUT2D eigenvalue weighted by Crippen LogP contribution is 2.28. The number of fused-ring (bicyclic) bond motifs is 1. The number of phenolic OH excluding ortho intramolecular Hbond substituents is 1. The van der Waals surface area contributed by atoms with E-state index in [9.17, 15) is 9.90 Å². The van der Waals surface area contributed by atoms with Crippen LogP contribution in [0, 0.1) is 0 Å². The molecule has 110 valence electrons. The third-order valence-corrected chi connectivity index (χ3v) is 3.44. The third-order valence-electron chi connectivity index (χ3n) is 3.44. The summed E-state index contributed by atoms with van der Waals surface area (Å²) < 4.78 is 5.16. The van der Waals surface area contributed by atoms with Crippen LogP contribution in [-0.2, 0) is 0 Å². The van der Waals surface area contributed by atoms with Gasteiger partial charge in [-0.25, -0.2) is 0 Å². The highest BCUT2D eigenvalue weighted by molar-refractivity contribution is 6.08. The minimum Gasteiger partial charge on any atom is -0.507 e. The Bertz CT molecular complexity index is 828. The third kappa shape index (κ3) is 2.72. The standard InChI is InChI=1S/C18H15NO3/c1-22-15-8-7-12-10-16(17(20)11-13(12)9-15)18(21)19-14-5-3-2-4-6-14/h2-11,20H,1H3,(H,19,21). The van der Waals surface area contributed by atoms with Gasteiger partial charge in [0.15, 0.2) is 0 Å². The first-order chi connectivity index (χ1) is 10.7. The van der Waals surface area contributed by atoms with E-state index < -0.39 is 0 Å². The van der Waals surface area contributed by atoms with E-state index in [0.717, 1.165) is 10.8 Å². The molecule has 0 heterocycles. The molecule has 4 nitrogen and oxygen atoms in total. The van der Waals surface area contributed by atoms with E-state index in [4.69, 9.17) is 4.74 Å². The predicted octanol–water partition coefficient (Wildman–Crippen LogP) is 3.81. The molecule has 0 aliphatic heterocycles. The Morgan fingerprint density at radius 2 is 1.77 bits per heavy atom. The number of carbonyl (C=O) groups is 1. The number of anilines is 1. The molecule has 0 aliphatic rings. The highest BCUT2D eigenvalue weighted by Gasteiger charge is 2.13. The summed E-state index contributed by atoms with van der Waals surface area (Å²) in [5.41, 5.74) is 0.920. The van der Waals surface area contributed by atoms with Gasteiger partial charge in [0.25, 0.3) is 5.91 Å². The molecule has 3 aromatic carbocycles. The molecule has 4 heteroatoms. The molecule has 1 amide bonds. The average molecular weight is 293 g/mol. The lowest BCUT2D eigenvalue weighted by atomic mass is 10.0. The molecule has 0 aromatic heterocycles. The molecule has 0 aliphatic carbocycles. The molecule has 22 heavy (non-hydrogen) atoms. The summed E-state index contributed by atoms with van der Waals surface area (Å²) in [4.78, 5) is 12.3. The van der Waals surface area contributed by atoms with Crippen molar-refractivity contribution in [3.8, 4) is 11.5 Å². The van der Waals surface area contributed by atoms with E-state index in [0.29, 0.717) is 11.4 Å². The average Bonchev–Trinajstić information content (AvgIpc) is 2.54. The zero-order valence-electron chi connectivity index (χ0n) is 12.0. The number of phenols is 1. The lowest BCUT2D eigenvalue weighted by molar-refractivity contribution is 0.102. The predicted molar refractivity (Wildman–Crippen MR) is 86.6 cm³/mol. The van der Waals surface area contributed by atoms with Crippen LogP contribution < -0.4 is 10.1 Å². The van der Waals surface area contributed by atoms with Crippen LogP contribution in [0.1, 0.15) is 10.4 Å². The van der Waals surface area contributed by atoms with Crippen molar-refractivity contribution in [2.45, 2.75) is 0 Å². The normalized spacial score (nSPS) is 10.4. The molecule has 3 aromatic rings. The van der Waals surface area contributed by atoms with Gasteiger partial charge in [0, 0.05) is 5.69 Å². The van der Waals surface area contributed by atoms with Gasteiger partial charge in [0.05, 0.1) is 12.7 Å². The van der Waals surface area contributed by atoms with Crippen LogP contribution in [0.5, 0.6) is 11.5 Å². The molecule has 0 radical (unpaired) electrons. The molecular formula is C18H15NO3. The van der Waals surface area contributed by atoms with Crippen LogP contribution in [0.4, 0.5) is 5.69 Å². The van der Waals surface area contributed by atoms with Crippen LogP contribution in [0.15, 0.2) is 60.7 Å². The number of aromatic hydroxyl groups is 1. The van der Waals surface area contributed by atoms with Crippen molar-refractivity contribution in [2.75, 3.05) is 12.4 Å². The fourth-order valence-corrected chi connectivity index (χ4v) is 2.29. The van der Waals surface area contributed by atoms with Crippen molar-refractivity contribution in [1.29, 1.82) is 0 Å². The van der Waals surface area contributed by atoms with Gasteiger partial charge in [-0.1, -0.05) is 24.3 Å². The Morgan fingerprint density at radius 1 is 1.00 bits per heavy atom. The molecule has 3 rings (SSSR count). The zero-order chi connectivity index (χ0) is 15.5. The number of amides is 1. The molecule has 0 bridgehead atoms. The van der Waals surface area contributed by atoms with E-state index in [1.165, 1.54) is 0 Å². The monoisotopic (exact) mass is 293 g/mol. The first kappa shape index (κ1) is 13.9. The summed E-state index contributed by atoms with van der Waals surface area (Å²) >= 11 is 0. The second kappa shape index (κ2) is 5.77. The zero-order valence-corrected chi connectivity index (χ0v) is 12.0. The van der Waals surface area contributed by atoms with Crippen molar-refractivity contribution in [3.63, 3.8) is 0 Å². The summed E-state index contributed by atoms with van der Waals surface area (Å²) in [7, 11) is 1.59. The maximum absolute atomic E-state index is 12.3. The largest absolute Gasteiger partial charge is 0.507 e. The molecule has 0 atom stereocenters. The van der Waals surface area contributed by atoms with Gasteiger partial charge < -0.3 is 15.2 Å². The highest BCUT2D eigenvalue weighted by atomic mass is 16.5. The quantitative estimate of drug-likeness (QED) is 0.772. The number of benzene rings is 3. The first-order valence-electron chi connectivity index (χ1n) is 6.84. The number of ether oxygens (including phenoxy) is 1.